The lowest BCUT2D eigenvalue weighted by Crippen LogP contribution is -2.33. The zero-order valence-corrected chi connectivity index (χ0v) is 22.3. The Bertz CT molecular complexity index is 1550. The van der Waals surface area contributed by atoms with Crippen LogP contribution in [0, 0.1) is 11.6 Å². The second-order valence-corrected chi connectivity index (χ2v) is 10.4. The minimum absolute atomic E-state index is 0.108. The van der Waals surface area contributed by atoms with Gasteiger partial charge in [-0.05, 0) is 65.4 Å². The van der Waals surface area contributed by atoms with Crippen LogP contribution in [0.1, 0.15) is 23.9 Å². The fraction of sp³-hybridized carbons (Fsp3) is 0.240. The number of hydrogen-bond acceptors (Lipinski definition) is 7. The maximum absolute atomic E-state index is 14.6. The first-order valence-electron chi connectivity index (χ1n) is 11.4. The number of aromatic nitrogens is 4. The molecule has 200 valence electrons. The first-order valence-corrected chi connectivity index (χ1v) is 13.2. The number of rotatable bonds is 10. The number of anilines is 1. The van der Waals surface area contributed by atoms with Gasteiger partial charge in [-0.2, -0.15) is 0 Å². The monoisotopic (exact) mass is 563 g/mol. The van der Waals surface area contributed by atoms with Crippen LogP contribution in [0.15, 0.2) is 59.5 Å². The van der Waals surface area contributed by atoms with Crippen molar-refractivity contribution in [1.29, 1.82) is 0 Å². The number of aryl methyl sites for hydroxylation is 1. The summed E-state index contributed by atoms with van der Waals surface area (Å²) in [5.74, 6) is -0.721. The molecule has 0 bridgehead atoms. The molecule has 0 aliphatic heterocycles. The van der Waals surface area contributed by atoms with Crippen molar-refractivity contribution in [3.63, 3.8) is 0 Å². The molecule has 0 fully saturated rings. The number of sulfonamides is 1. The van der Waals surface area contributed by atoms with Crippen LogP contribution in [0.25, 0.3) is 0 Å². The lowest BCUT2D eigenvalue weighted by molar-refractivity contribution is 0.354. The fourth-order valence-corrected chi connectivity index (χ4v) is 5.61. The topological polar surface area (TPSA) is 99.4 Å². The molecule has 0 radical (unpaired) electrons. The maximum Gasteiger partial charge on any atom is 0.264 e. The summed E-state index contributed by atoms with van der Waals surface area (Å²) in [6, 6.07) is 12.2. The minimum atomic E-state index is -4.30. The third kappa shape index (κ3) is 5.41. The molecule has 0 amide bonds. The van der Waals surface area contributed by atoms with E-state index in [4.69, 9.17) is 21.1 Å². The van der Waals surface area contributed by atoms with Crippen LogP contribution in [0.5, 0.6) is 11.5 Å². The summed E-state index contributed by atoms with van der Waals surface area (Å²) in [7, 11) is -1.48. The van der Waals surface area contributed by atoms with E-state index in [0.29, 0.717) is 12.3 Å². The van der Waals surface area contributed by atoms with Crippen LogP contribution in [0.2, 0.25) is 5.02 Å². The predicted molar refractivity (Wildman–Crippen MR) is 137 cm³/mol. The van der Waals surface area contributed by atoms with E-state index in [1.54, 1.807) is 0 Å². The molecule has 1 aromatic heterocycles. The number of hydrogen-bond donors (Lipinski definition) is 0. The van der Waals surface area contributed by atoms with Crippen molar-refractivity contribution in [3.8, 4) is 11.5 Å². The Morgan fingerprint density at radius 2 is 1.71 bits per heavy atom. The molecular formula is C25H24ClF2N5O4S. The molecular weight excluding hydrogens is 540 g/mol. The molecule has 0 spiro atoms. The average molecular weight is 564 g/mol. The van der Waals surface area contributed by atoms with Crippen LogP contribution in [-0.2, 0) is 29.5 Å². The molecule has 3 aromatic carbocycles. The molecule has 4 rings (SSSR count). The van der Waals surface area contributed by atoms with Gasteiger partial charge < -0.3 is 9.47 Å². The van der Waals surface area contributed by atoms with E-state index < -0.39 is 21.7 Å². The van der Waals surface area contributed by atoms with E-state index in [2.05, 4.69) is 15.5 Å². The van der Waals surface area contributed by atoms with E-state index in [1.165, 1.54) is 61.4 Å². The molecule has 4 aromatic rings. The number of tetrazole rings is 1. The van der Waals surface area contributed by atoms with Crippen molar-refractivity contribution in [1.82, 2.24) is 20.2 Å². The van der Waals surface area contributed by atoms with Gasteiger partial charge in [0.15, 0.2) is 17.3 Å². The molecule has 1 heterocycles. The highest BCUT2D eigenvalue weighted by Crippen LogP contribution is 2.36. The van der Waals surface area contributed by atoms with Crippen molar-refractivity contribution in [2.24, 2.45) is 0 Å². The molecule has 0 saturated carbocycles. The zero-order chi connectivity index (χ0) is 27.4. The van der Waals surface area contributed by atoms with E-state index in [0.717, 1.165) is 16.4 Å². The first-order chi connectivity index (χ1) is 18.2. The first kappa shape index (κ1) is 27.3. The van der Waals surface area contributed by atoms with Gasteiger partial charge in [-0.3, -0.25) is 4.31 Å². The molecule has 0 saturated heterocycles. The predicted octanol–water partition coefficient (Wildman–Crippen LogP) is 4.63. The van der Waals surface area contributed by atoms with E-state index in [9.17, 15) is 17.2 Å². The summed E-state index contributed by atoms with van der Waals surface area (Å²) in [6.07, 6.45) is -0.259. The van der Waals surface area contributed by atoms with Gasteiger partial charge in [-0.1, -0.05) is 17.7 Å². The van der Waals surface area contributed by atoms with Crippen LogP contribution in [0.4, 0.5) is 14.5 Å². The maximum atomic E-state index is 14.6. The number of ether oxygens (including phenoxy) is 2. The summed E-state index contributed by atoms with van der Waals surface area (Å²) in [4.78, 5) is -0.108. The molecule has 0 aliphatic rings. The van der Waals surface area contributed by atoms with Gasteiger partial charge in [0, 0.05) is 29.6 Å². The molecule has 9 nitrogen and oxygen atoms in total. The van der Waals surface area contributed by atoms with Crippen LogP contribution in [0.3, 0.4) is 0 Å². The summed E-state index contributed by atoms with van der Waals surface area (Å²) in [5, 5.41) is 11.8. The van der Waals surface area contributed by atoms with Gasteiger partial charge in [0.05, 0.1) is 31.3 Å². The summed E-state index contributed by atoms with van der Waals surface area (Å²) >= 11 is 6.24. The molecule has 13 heteroatoms. The normalized spacial score (nSPS) is 11.4. The van der Waals surface area contributed by atoms with Crippen LogP contribution < -0.4 is 13.8 Å². The van der Waals surface area contributed by atoms with Gasteiger partial charge in [0.25, 0.3) is 10.0 Å². The van der Waals surface area contributed by atoms with E-state index >= 15 is 0 Å². The molecule has 0 atom stereocenters. The van der Waals surface area contributed by atoms with Crippen LogP contribution in [-0.4, -0.2) is 42.8 Å². The smallest absolute Gasteiger partial charge is 0.264 e. The van der Waals surface area contributed by atoms with Crippen molar-refractivity contribution >= 4 is 27.3 Å². The third-order valence-corrected chi connectivity index (χ3v) is 7.86. The minimum Gasteiger partial charge on any atom is -0.493 e. The Balaban J connectivity index is 1.90. The zero-order valence-electron chi connectivity index (χ0n) is 20.7. The molecule has 38 heavy (non-hydrogen) atoms. The Kier molecular flexibility index (Phi) is 8.12. The van der Waals surface area contributed by atoms with Crippen molar-refractivity contribution in [3.05, 3.63) is 88.2 Å². The average Bonchev–Trinajstić information content (AvgIpc) is 3.36. The molecule has 0 aliphatic carbocycles. The van der Waals surface area contributed by atoms with Crippen molar-refractivity contribution in [2.75, 3.05) is 18.5 Å². The van der Waals surface area contributed by atoms with Crippen LogP contribution >= 0.6 is 11.6 Å². The van der Waals surface area contributed by atoms with Gasteiger partial charge in [0.1, 0.15) is 11.6 Å². The lowest BCUT2D eigenvalue weighted by atomic mass is 10.0. The second-order valence-electron chi connectivity index (χ2n) is 8.09. The van der Waals surface area contributed by atoms with E-state index in [-0.39, 0.29) is 51.3 Å². The Morgan fingerprint density at radius 1 is 1.00 bits per heavy atom. The van der Waals surface area contributed by atoms with Gasteiger partial charge in [0.2, 0.25) is 0 Å². The Hall–Kier alpha value is -3.77. The fourth-order valence-electron chi connectivity index (χ4n) is 3.95. The highest BCUT2D eigenvalue weighted by Gasteiger charge is 2.30. The highest BCUT2D eigenvalue weighted by molar-refractivity contribution is 7.92. The lowest BCUT2D eigenvalue weighted by Gasteiger charge is -2.27. The molecule has 0 N–H and O–H groups in total. The van der Waals surface area contributed by atoms with Gasteiger partial charge in [-0.15, -0.1) is 5.10 Å². The Labute approximate surface area is 223 Å². The highest BCUT2D eigenvalue weighted by atomic mass is 35.5. The summed E-state index contributed by atoms with van der Waals surface area (Å²) in [6.45, 7) is 1.92. The summed E-state index contributed by atoms with van der Waals surface area (Å²) in [5.41, 5.74) is 0.205. The Morgan fingerprint density at radius 3 is 2.37 bits per heavy atom. The van der Waals surface area contributed by atoms with Gasteiger partial charge in [-0.25, -0.2) is 21.9 Å². The quantitative estimate of drug-likeness (QED) is 0.277. The molecule has 0 unspecified atom stereocenters. The van der Waals surface area contributed by atoms with Gasteiger partial charge >= 0.3 is 0 Å². The third-order valence-electron chi connectivity index (χ3n) is 5.87. The number of halogens is 3. The number of nitrogens with zero attached hydrogens (tertiary/aromatic N) is 5. The van der Waals surface area contributed by atoms with Crippen molar-refractivity contribution in [2.45, 2.75) is 31.3 Å². The van der Waals surface area contributed by atoms with Crippen molar-refractivity contribution < 1.29 is 26.7 Å². The number of methoxy groups -OCH3 is 2. The second kappa shape index (κ2) is 11.3. The largest absolute Gasteiger partial charge is 0.493 e. The standard InChI is InChI=1S/C25H24ClF2N5O4S/c1-4-32-25(29-30-31-32)15-33(38(34,35)18-9-11-23(36-2)24(14-18)37-3)22-10-8-17(26)12-16(22)13-19-20(27)6-5-7-21(19)28/h5-12,14H,4,13,15H2,1-3H3. The van der Waals surface area contributed by atoms with E-state index in [1.807, 2.05) is 6.92 Å². The number of benzene rings is 3. The summed E-state index contributed by atoms with van der Waals surface area (Å²) < 4.78 is 70.4. The SMILES string of the molecule is CCn1nnnc1CN(c1ccc(Cl)cc1Cc1c(F)cccc1F)S(=O)(=O)c1ccc(OC)c(OC)c1.